The van der Waals surface area contributed by atoms with Gasteiger partial charge in [0, 0.05) is 0 Å². The van der Waals surface area contributed by atoms with Crippen molar-refractivity contribution in [1.82, 2.24) is 0 Å². The molecule has 0 unspecified atom stereocenters. The van der Waals surface area contributed by atoms with Gasteiger partial charge in [-0.3, -0.25) is 9.59 Å². The molecule has 7 heteroatoms. The number of benzene rings is 2. The monoisotopic (exact) mass is 340 g/mol. The molecule has 0 saturated carbocycles. The van der Waals surface area contributed by atoms with Gasteiger partial charge in [0.05, 0.1) is 24.0 Å². The van der Waals surface area contributed by atoms with E-state index in [4.69, 9.17) is 9.47 Å². The number of nitrogens with one attached hydrogen (secondary N) is 2. The van der Waals surface area contributed by atoms with E-state index in [0.717, 1.165) is 0 Å². The highest BCUT2D eigenvalue weighted by Crippen LogP contribution is 2.34. The van der Waals surface area contributed by atoms with Crippen molar-refractivity contribution in [2.75, 3.05) is 17.7 Å². The van der Waals surface area contributed by atoms with Gasteiger partial charge in [-0.2, -0.15) is 0 Å². The Bertz CT molecular complexity index is 864. The van der Waals surface area contributed by atoms with E-state index in [0.29, 0.717) is 11.4 Å². The number of ether oxygens (including phenoxy) is 2. The summed E-state index contributed by atoms with van der Waals surface area (Å²) in [6.07, 6.45) is 0. The summed E-state index contributed by atoms with van der Waals surface area (Å²) in [5.74, 6) is -1.50. The molecule has 0 saturated heterocycles. The van der Waals surface area contributed by atoms with Gasteiger partial charge < -0.3 is 20.1 Å². The van der Waals surface area contributed by atoms with Gasteiger partial charge in [0.2, 0.25) is 0 Å². The molecule has 25 heavy (non-hydrogen) atoms. The number of hydrogen-bond donors (Lipinski definition) is 2. The Kier molecular flexibility index (Phi) is 4.14. The fourth-order valence-electron chi connectivity index (χ4n) is 2.44. The summed E-state index contributed by atoms with van der Waals surface area (Å²) in [6, 6.07) is 13.2. The van der Waals surface area contributed by atoms with E-state index in [-0.39, 0.29) is 11.3 Å². The lowest BCUT2D eigenvalue weighted by molar-refractivity contribution is -0.143. The third kappa shape index (κ3) is 2.91. The van der Waals surface area contributed by atoms with E-state index in [1.54, 1.807) is 42.5 Å². The van der Waals surface area contributed by atoms with E-state index in [1.165, 1.54) is 20.1 Å². The molecule has 3 rings (SSSR count). The first kappa shape index (κ1) is 16.5. The first-order valence-electron chi connectivity index (χ1n) is 7.54. The lowest BCUT2D eigenvalue weighted by Gasteiger charge is -2.33. The van der Waals surface area contributed by atoms with Crippen molar-refractivity contribution in [3.05, 3.63) is 54.1 Å². The Labute approximate surface area is 143 Å². The number of carbonyl (C=O) groups is 3. The fraction of sp³-hybridized carbons (Fsp3) is 0.167. The fourth-order valence-corrected chi connectivity index (χ4v) is 2.44. The highest BCUT2D eigenvalue weighted by molar-refractivity contribution is 6.19. The topological polar surface area (TPSA) is 93.7 Å². The van der Waals surface area contributed by atoms with Crippen LogP contribution in [0, 0.1) is 0 Å². The highest BCUT2D eigenvalue weighted by atomic mass is 16.5. The number of hydrogen-bond acceptors (Lipinski definition) is 5. The molecule has 1 atom stereocenters. The number of methoxy groups -OCH3 is 1. The Morgan fingerprint density at radius 3 is 2.56 bits per heavy atom. The first-order chi connectivity index (χ1) is 12.0. The normalized spacial score (nSPS) is 18.4. The van der Waals surface area contributed by atoms with Crippen molar-refractivity contribution in [3.63, 3.8) is 0 Å². The number of rotatable bonds is 3. The lowest BCUT2D eigenvalue weighted by Crippen LogP contribution is -2.56. The van der Waals surface area contributed by atoms with Gasteiger partial charge in [0.15, 0.2) is 0 Å². The summed E-state index contributed by atoms with van der Waals surface area (Å²) < 4.78 is 10.3. The third-order valence-electron chi connectivity index (χ3n) is 3.90. The third-order valence-corrected chi connectivity index (χ3v) is 3.90. The lowest BCUT2D eigenvalue weighted by atomic mass is 10.0. The van der Waals surface area contributed by atoms with Crippen LogP contribution in [0.3, 0.4) is 0 Å². The SMILES string of the molecule is COC(=O)c1ccccc1NC(=O)[C@]1(C)Oc2ccccc2NC1=O. The molecule has 0 aromatic heterocycles. The van der Waals surface area contributed by atoms with Crippen molar-refractivity contribution >= 4 is 29.2 Å². The van der Waals surface area contributed by atoms with Crippen molar-refractivity contribution in [2.24, 2.45) is 0 Å². The second-order valence-corrected chi connectivity index (χ2v) is 5.58. The number of carbonyl (C=O) groups excluding carboxylic acids is 3. The quantitative estimate of drug-likeness (QED) is 0.660. The van der Waals surface area contributed by atoms with Crippen LogP contribution in [-0.4, -0.2) is 30.5 Å². The zero-order valence-corrected chi connectivity index (χ0v) is 13.7. The molecule has 0 spiro atoms. The van der Waals surface area contributed by atoms with E-state index in [2.05, 4.69) is 10.6 Å². The minimum Gasteiger partial charge on any atom is -0.466 e. The maximum absolute atomic E-state index is 12.7. The van der Waals surface area contributed by atoms with Crippen LogP contribution in [0.5, 0.6) is 5.75 Å². The second kappa shape index (κ2) is 6.27. The predicted octanol–water partition coefficient (Wildman–Crippen LogP) is 2.20. The summed E-state index contributed by atoms with van der Waals surface area (Å²) in [6.45, 7) is 1.37. The van der Waals surface area contributed by atoms with Gasteiger partial charge in [-0.05, 0) is 31.2 Å². The van der Waals surface area contributed by atoms with E-state index in [1.807, 2.05) is 0 Å². The number of fused-ring (bicyclic) bond motifs is 1. The van der Waals surface area contributed by atoms with Crippen molar-refractivity contribution in [3.8, 4) is 5.75 Å². The summed E-state index contributed by atoms with van der Waals surface area (Å²) in [5.41, 5.74) is -0.875. The Morgan fingerprint density at radius 2 is 1.80 bits per heavy atom. The Morgan fingerprint density at radius 1 is 1.12 bits per heavy atom. The molecule has 1 heterocycles. The highest BCUT2D eigenvalue weighted by Gasteiger charge is 2.47. The molecule has 0 fully saturated rings. The maximum Gasteiger partial charge on any atom is 0.339 e. The van der Waals surface area contributed by atoms with Gasteiger partial charge in [0.25, 0.3) is 17.4 Å². The van der Waals surface area contributed by atoms with Crippen LogP contribution >= 0.6 is 0 Å². The van der Waals surface area contributed by atoms with Crippen LogP contribution in [0.25, 0.3) is 0 Å². The molecule has 0 radical (unpaired) electrons. The summed E-state index contributed by atoms with van der Waals surface area (Å²) in [5, 5.41) is 5.22. The molecular formula is C18H16N2O5. The van der Waals surface area contributed by atoms with Crippen LogP contribution in [-0.2, 0) is 14.3 Å². The molecule has 2 amide bonds. The average molecular weight is 340 g/mol. The van der Waals surface area contributed by atoms with E-state index >= 15 is 0 Å². The summed E-state index contributed by atoms with van der Waals surface area (Å²) in [7, 11) is 1.25. The molecule has 2 aromatic carbocycles. The Hall–Kier alpha value is -3.35. The van der Waals surface area contributed by atoms with Crippen LogP contribution in [0.4, 0.5) is 11.4 Å². The largest absolute Gasteiger partial charge is 0.466 e. The van der Waals surface area contributed by atoms with Gasteiger partial charge in [-0.15, -0.1) is 0 Å². The summed E-state index contributed by atoms with van der Waals surface area (Å²) >= 11 is 0. The van der Waals surface area contributed by atoms with Gasteiger partial charge >= 0.3 is 5.97 Å². The maximum atomic E-state index is 12.7. The molecule has 0 bridgehead atoms. The predicted molar refractivity (Wildman–Crippen MR) is 90.5 cm³/mol. The number of amides is 2. The number of esters is 1. The molecule has 0 aliphatic carbocycles. The molecule has 1 aliphatic rings. The van der Waals surface area contributed by atoms with Crippen LogP contribution in [0.1, 0.15) is 17.3 Å². The second-order valence-electron chi connectivity index (χ2n) is 5.58. The van der Waals surface area contributed by atoms with Crippen LogP contribution < -0.4 is 15.4 Å². The molecule has 2 N–H and O–H groups in total. The zero-order chi connectivity index (χ0) is 18.0. The smallest absolute Gasteiger partial charge is 0.339 e. The minimum atomic E-state index is -1.78. The Balaban J connectivity index is 1.89. The van der Waals surface area contributed by atoms with Crippen molar-refractivity contribution in [1.29, 1.82) is 0 Å². The molecular weight excluding hydrogens is 324 g/mol. The van der Waals surface area contributed by atoms with Gasteiger partial charge in [-0.1, -0.05) is 24.3 Å². The number of anilines is 2. The van der Waals surface area contributed by atoms with E-state index < -0.39 is 23.4 Å². The molecule has 128 valence electrons. The van der Waals surface area contributed by atoms with Crippen molar-refractivity contribution in [2.45, 2.75) is 12.5 Å². The number of para-hydroxylation sites is 3. The van der Waals surface area contributed by atoms with Gasteiger partial charge in [0.1, 0.15) is 5.75 Å². The summed E-state index contributed by atoms with van der Waals surface area (Å²) in [4.78, 5) is 36.9. The molecule has 2 aromatic rings. The van der Waals surface area contributed by atoms with Gasteiger partial charge in [-0.25, -0.2) is 4.79 Å². The average Bonchev–Trinajstić information content (AvgIpc) is 2.62. The zero-order valence-electron chi connectivity index (χ0n) is 13.7. The van der Waals surface area contributed by atoms with Crippen molar-refractivity contribution < 1.29 is 23.9 Å². The van der Waals surface area contributed by atoms with Crippen LogP contribution in [0.15, 0.2) is 48.5 Å². The molecule has 1 aliphatic heterocycles. The minimum absolute atomic E-state index is 0.179. The van der Waals surface area contributed by atoms with Crippen LogP contribution in [0.2, 0.25) is 0 Å². The molecule has 7 nitrogen and oxygen atoms in total. The van der Waals surface area contributed by atoms with E-state index in [9.17, 15) is 14.4 Å². The standard InChI is InChI=1S/C18H16N2O5/c1-18(17(23)20-13-9-5-6-10-14(13)25-18)16(22)19-12-8-4-3-7-11(12)15(21)24-2/h3-10H,1-2H3,(H,19,22)(H,20,23)/t18-/m0/s1. The first-order valence-corrected chi connectivity index (χ1v) is 7.54.